The van der Waals surface area contributed by atoms with Gasteiger partial charge >= 0.3 is 0 Å². The first-order valence-electron chi connectivity index (χ1n) is 4.35. The van der Waals surface area contributed by atoms with E-state index in [2.05, 4.69) is 27.7 Å². The lowest BCUT2D eigenvalue weighted by atomic mass is 10.5. The molecule has 0 saturated carbocycles. The molecule has 0 aromatic carbocycles. The van der Waals surface area contributed by atoms with Gasteiger partial charge in [-0.3, -0.25) is 4.68 Å². The molecule has 1 heterocycles. The molecule has 0 aliphatic rings. The van der Waals surface area contributed by atoms with Gasteiger partial charge in [0.25, 0.3) is 6.08 Å². The van der Waals surface area contributed by atoms with Crippen molar-refractivity contribution in [2.24, 2.45) is 7.05 Å². The topological polar surface area (TPSA) is 17.8 Å². The molecule has 6 heteroatoms. The van der Waals surface area contributed by atoms with Crippen LogP contribution in [0.4, 0.5) is 8.78 Å². The summed E-state index contributed by atoms with van der Waals surface area (Å²) in [6.45, 7) is 1.94. The quantitative estimate of drug-likeness (QED) is 0.472. The Hall–Kier alpha value is -0.110. The van der Waals surface area contributed by atoms with Crippen LogP contribution in [0.2, 0.25) is 0 Å². The molecular formula is C9H11F2IN2S. The molecule has 0 spiro atoms. The van der Waals surface area contributed by atoms with E-state index in [1.165, 1.54) is 0 Å². The van der Waals surface area contributed by atoms with Crippen molar-refractivity contribution in [3.8, 4) is 0 Å². The van der Waals surface area contributed by atoms with Gasteiger partial charge in [-0.05, 0) is 42.0 Å². The maximum atomic E-state index is 11.8. The van der Waals surface area contributed by atoms with E-state index in [0.29, 0.717) is 12.2 Å². The van der Waals surface area contributed by atoms with E-state index in [1.54, 1.807) is 16.4 Å². The number of halogens is 3. The van der Waals surface area contributed by atoms with Gasteiger partial charge in [0.15, 0.2) is 0 Å². The Morgan fingerprint density at radius 3 is 2.73 bits per heavy atom. The Morgan fingerprint density at radius 2 is 2.27 bits per heavy atom. The second-order valence-electron chi connectivity index (χ2n) is 2.96. The van der Waals surface area contributed by atoms with Crippen molar-refractivity contribution >= 4 is 34.4 Å². The van der Waals surface area contributed by atoms with E-state index in [9.17, 15) is 8.78 Å². The van der Waals surface area contributed by atoms with Crippen molar-refractivity contribution in [2.75, 3.05) is 5.75 Å². The summed E-state index contributed by atoms with van der Waals surface area (Å²) in [7, 11) is 1.86. The lowest BCUT2D eigenvalue weighted by Crippen LogP contribution is -1.93. The summed E-state index contributed by atoms with van der Waals surface area (Å²) in [5, 5.41) is 5.29. The highest BCUT2D eigenvalue weighted by atomic mass is 127. The number of allylic oxidation sites excluding steroid dienone is 1. The van der Waals surface area contributed by atoms with Gasteiger partial charge in [0.2, 0.25) is 0 Å². The summed E-state index contributed by atoms with van der Waals surface area (Å²) >= 11 is 3.77. The highest BCUT2D eigenvalue weighted by molar-refractivity contribution is 14.1. The van der Waals surface area contributed by atoms with E-state index in [4.69, 9.17) is 0 Å². The number of hydrogen-bond acceptors (Lipinski definition) is 2. The predicted octanol–water partition coefficient (Wildman–Crippen LogP) is 3.60. The molecule has 15 heavy (non-hydrogen) atoms. The number of aromatic nitrogens is 2. The van der Waals surface area contributed by atoms with Gasteiger partial charge in [-0.15, -0.1) is 11.8 Å². The monoisotopic (exact) mass is 344 g/mol. The molecule has 1 aromatic heterocycles. The van der Waals surface area contributed by atoms with Crippen LogP contribution in [0.5, 0.6) is 0 Å². The van der Waals surface area contributed by atoms with Gasteiger partial charge in [0, 0.05) is 12.8 Å². The molecule has 0 amide bonds. The summed E-state index contributed by atoms with van der Waals surface area (Å²) in [4.78, 5) is 0. The van der Waals surface area contributed by atoms with E-state index in [1.807, 2.05) is 14.0 Å². The van der Waals surface area contributed by atoms with Crippen LogP contribution in [0, 0.1) is 10.5 Å². The van der Waals surface area contributed by atoms with Crippen molar-refractivity contribution in [3.05, 3.63) is 21.4 Å². The third-order valence-corrected chi connectivity index (χ3v) is 4.59. The number of rotatable bonds is 4. The van der Waals surface area contributed by atoms with Gasteiger partial charge in [-0.25, -0.2) is 0 Å². The van der Waals surface area contributed by atoms with Gasteiger partial charge in [-0.1, -0.05) is 0 Å². The molecule has 1 aromatic rings. The van der Waals surface area contributed by atoms with Crippen LogP contribution in [0.25, 0.3) is 0 Å². The van der Waals surface area contributed by atoms with Crippen LogP contribution >= 0.6 is 34.4 Å². The molecule has 2 nitrogen and oxygen atoms in total. The summed E-state index contributed by atoms with van der Waals surface area (Å²) < 4.78 is 26.4. The first-order chi connectivity index (χ1) is 7.02. The normalized spacial score (nSPS) is 10.5. The molecule has 0 fully saturated rings. The second-order valence-corrected chi connectivity index (χ2v) is 5.12. The van der Waals surface area contributed by atoms with Crippen molar-refractivity contribution in [2.45, 2.75) is 18.4 Å². The minimum atomic E-state index is -1.61. The summed E-state index contributed by atoms with van der Waals surface area (Å²) in [6, 6.07) is 0. The van der Waals surface area contributed by atoms with Crippen LogP contribution < -0.4 is 0 Å². The zero-order valence-corrected chi connectivity index (χ0v) is 11.4. The maximum Gasteiger partial charge on any atom is 0.266 e. The van der Waals surface area contributed by atoms with Gasteiger partial charge in [0.05, 0.1) is 9.26 Å². The molecule has 0 aliphatic heterocycles. The molecule has 0 unspecified atom stereocenters. The Bertz CT molecular complexity index is 372. The third kappa shape index (κ3) is 3.75. The minimum Gasteiger partial charge on any atom is -0.261 e. The minimum absolute atomic E-state index is 0.382. The average Bonchev–Trinajstić information content (AvgIpc) is 2.37. The van der Waals surface area contributed by atoms with Crippen molar-refractivity contribution in [3.63, 3.8) is 0 Å². The Labute approximate surface area is 105 Å². The third-order valence-electron chi connectivity index (χ3n) is 1.75. The van der Waals surface area contributed by atoms with Gasteiger partial charge in [0.1, 0.15) is 5.03 Å². The van der Waals surface area contributed by atoms with Crippen molar-refractivity contribution in [1.82, 2.24) is 9.78 Å². The number of aryl methyl sites for hydroxylation is 2. The highest BCUT2D eigenvalue weighted by Gasteiger charge is 2.10. The second kappa shape index (κ2) is 5.83. The zero-order chi connectivity index (χ0) is 11.4. The summed E-state index contributed by atoms with van der Waals surface area (Å²) in [6.07, 6.45) is -0.275. The van der Waals surface area contributed by atoms with Crippen LogP contribution in [-0.2, 0) is 7.05 Å². The fraction of sp³-hybridized carbons (Fsp3) is 0.444. The molecule has 0 aliphatic carbocycles. The molecule has 0 N–H and O–H groups in total. The molecular weight excluding hydrogens is 333 g/mol. The lowest BCUT2D eigenvalue weighted by Gasteiger charge is -2.00. The Morgan fingerprint density at radius 1 is 1.60 bits per heavy atom. The first kappa shape index (κ1) is 13.0. The van der Waals surface area contributed by atoms with Gasteiger partial charge < -0.3 is 0 Å². The van der Waals surface area contributed by atoms with E-state index in [-0.39, 0.29) is 0 Å². The molecule has 84 valence electrons. The maximum absolute atomic E-state index is 11.8. The fourth-order valence-corrected chi connectivity index (χ4v) is 2.95. The van der Waals surface area contributed by atoms with E-state index < -0.39 is 6.08 Å². The van der Waals surface area contributed by atoms with E-state index >= 15 is 0 Å². The SMILES string of the molecule is Cc1nn(C)c(SCCC=C(F)F)c1I. The largest absolute Gasteiger partial charge is 0.266 e. The number of hydrogen-bond donors (Lipinski definition) is 0. The molecule has 0 atom stereocenters. The molecule has 0 saturated heterocycles. The molecule has 1 rings (SSSR count). The lowest BCUT2D eigenvalue weighted by molar-refractivity contribution is 0.418. The average molecular weight is 344 g/mol. The van der Waals surface area contributed by atoms with Crippen LogP contribution in [0.15, 0.2) is 17.2 Å². The number of nitrogens with zero attached hydrogens (tertiary/aromatic N) is 2. The molecule has 0 radical (unpaired) electrons. The smallest absolute Gasteiger partial charge is 0.261 e. The summed E-state index contributed by atoms with van der Waals surface area (Å²) in [5.41, 5.74) is 0.979. The van der Waals surface area contributed by atoms with E-state index in [0.717, 1.165) is 20.4 Å². The van der Waals surface area contributed by atoms with Crippen molar-refractivity contribution in [1.29, 1.82) is 0 Å². The highest BCUT2D eigenvalue weighted by Crippen LogP contribution is 2.26. The fourth-order valence-electron chi connectivity index (χ4n) is 1.09. The van der Waals surface area contributed by atoms with Crippen LogP contribution in [0.3, 0.4) is 0 Å². The Kier molecular flexibility index (Phi) is 5.04. The summed E-state index contributed by atoms with van der Waals surface area (Å²) in [5.74, 6) is 0.645. The van der Waals surface area contributed by atoms with Crippen LogP contribution in [0.1, 0.15) is 12.1 Å². The molecule has 0 bridgehead atoms. The first-order valence-corrected chi connectivity index (χ1v) is 6.42. The number of thioether (sulfide) groups is 1. The standard InChI is InChI=1S/C9H11F2IN2S/c1-6-8(12)9(14(2)13-6)15-5-3-4-7(10)11/h4H,3,5H2,1-2H3. The predicted molar refractivity (Wildman–Crippen MR) is 66.3 cm³/mol. The zero-order valence-electron chi connectivity index (χ0n) is 8.43. The van der Waals surface area contributed by atoms with Crippen molar-refractivity contribution < 1.29 is 8.78 Å². The Balaban J connectivity index is 2.54. The van der Waals surface area contributed by atoms with Crippen LogP contribution in [-0.4, -0.2) is 15.5 Å². The van der Waals surface area contributed by atoms with Gasteiger partial charge in [-0.2, -0.15) is 13.9 Å².